The third-order valence-corrected chi connectivity index (χ3v) is 12.6. The minimum Gasteiger partial charge on any atom is -0.456 e. The average molecular weight is 790 g/mol. The van der Waals surface area contributed by atoms with Crippen LogP contribution in [0.2, 0.25) is 0 Å². The van der Waals surface area contributed by atoms with Crippen molar-refractivity contribution in [3.8, 4) is 0 Å². The fourth-order valence-corrected chi connectivity index (χ4v) is 9.19. The first-order valence-electron chi connectivity index (χ1n) is 20.5. The quantitative estimate of drug-likeness (QED) is 0.172. The van der Waals surface area contributed by atoms with E-state index in [1.165, 1.54) is 14.2 Å². The lowest BCUT2D eigenvalue weighted by Gasteiger charge is -2.47. The summed E-state index contributed by atoms with van der Waals surface area (Å²) in [5.41, 5.74) is 1.54. The molecular formula is C43H67NO12. The number of esters is 1. The Morgan fingerprint density at radius 3 is 2.27 bits per heavy atom. The Morgan fingerprint density at radius 2 is 1.62 bits per heavy atom. The lowest BCUT2D eigenvalue weighted by Crippen LogP contribution is -2.64. The molecule has 0 aromatic carbocycles. The molecule has 3 fully saturated rings. The lowest BCUT2D eigenvalue weighted by molar-refractivity contribution is -0.302. The van der Waals surface area contributed by atoms with Gasteiger partial charge in [-0.2, -0.15) is 0 Å². The highest BCUT2D eigenvalue weighted by molar-refractivity contribution is 6.39. The van der Waals surface area contributed by atoms with Gasteiger partial charge in [0.05, 0.1) is 30.5 Å². The van der Waals surface area contributed by atoms with Crippen molar-refractivity contribution < 1.29 is 58.6 Å². The fraction of sp³-hybridized carbons (Fsp3) is 0.767. The van der Waals surface area contributed by atoms with Crippen LogP contribution >= 0.6 is 0 Å². The first-order chi connectivity index (χ1) is 26.4. The normalized spacial score (nSPS) is 41.5. The predicted molar refractivity (Wildman–Crippen MR) is 208 cm³/mol. The Morgan fingerprint density at radius 1 is 0.946 bits per heavy atom. The molecule has 316 valence electrons. The maximum Gasteiger partial charge on any atom is 0.329 e. The van der Waals surface area contributed by atoms with E-state index in [9.17, 15) is 39.6 Å². The number of hydrogen-bond donors (Lipinski definition) is 4. The number of cyclic esters (lactones) is 1. The first kappa shape index (κ1) is 45.9. The molecule has 3 aliphatic heterocycles. The minimum atomic E-state index is -2.52. The Balaban J connectivity index is 1.78. The number of methoxy groups -OCH3 is 2. The van der Waals surface area contributed by atoms with Crippen LogP contribution in [0.5, 0.6) is 0 Å². The number of amides is 1. The second kappa shape index (κ2) is 20.3. The van der Waals surface area contributed by atoms with Crippen LogP contribution in [0.1, 0.15) is 105 Å². The molecule has 12 unspecified atom stereocenters. The van der Waals surface area contributed by atoms with Gasteiger partial charge in [0, 0.05) is 44.9 Å². The molecule has 4 rings (SSSR count). The Hall–Kier alpha value is -2.78. The van der Waals surface area contributed by atoms with E-state index in [0.717, 1.165) is 10.5 Å². The molecule has 0 radical (unpaired) electrons. The summed E-state index contributed by atoms with van der Waals surface area (Å²) >= 11 is 0. The monoisotopic (exact) mass is 789 g/mol. The third-order valence-electron chi connectivity index (χ3n) is 12.6. The van der Waals surface area contributed by atoms with E-state index in [2.05, 4.69) is 6.58 Å². The van der Waals surface area contributed by atoms with Crippen LogP contribution in [0.25, 0.3) is 0 Å². The molecule has 0 spiro atoms. The number of ether oxygens (including phenoxy) is 4. The summed E-state index contributed by atoms with van der Waals surface area (Å²) in [6, 6.07) is -1.16. The van der Waals surface area contributed by atoms with Crippen LogP contribution in [0.3, 0.4) is 0 Å². The van der Waals surface area contributed by atoms with Gasteiger partial charge in [0.15, 0.2) is 0 Å². The summed E-state index contributed by atoms with van der Waals surface area (Å²) in [6.07, 6.45) is 3.36. The van der Waals surface area contributed by atoms with Crippen molar-refractivity contribution in [1.82, 2.24) is 4.90 Å². The molecule has 13 heteroatoms. The molecule has 1 saturated carbocycles. The van der Waals surface area contributed by atoms with Gasteiger partial charge >= 0.3 is 5.97 Å². The lowest BCUT2D eigenvalue weighted by atomic mass is 9.81. The number of aliphatic hydroxyl groups excluding tert-OH is 3. The van der Waals surface area contributed by atoms with Crippen molar-refractivity contribution in [3.63, 3.8) is 0 Å². The van der Waals surface area contributed by atoms with E-state index in [4.69, 9.17) is 18.9 Å². The van der Waals surface area contributed by atoms with Gasteiger partial charge in [-0.25, -0.2) is 4.79 Å². The zero-order valence-electron chi connectivity index (χ0n) is 34.4. The van der Waals surface area contributed by atoms with Crippen molar-refractivity contribution in [1.29, 1.82) is 0 Å². The molecule has 0 aromatic rings. The summed E-state index contributed by atoms with van der Waals surface area (Å²) < 4.78 is 24.1. The standard InChI is InChI=1S/C43H67NO12/c1-9-12-30-18-24(2)17-25(3)19-36(53-7)39-37(54-8)21-27(5)43(52,56-39)40(49)41(50)44-16-11-10-13-31(44)42(51)55-38(28(6)33(46)23-34(30)47)26(4)20-29-14-15-32(45)35(48)22-29/h9,18,20,25,27-33,35-39,45-46,48,52H,1,10-17,19,21-23H2,2-8H3/b24-18+,26-20+/t25?,27?,28?,29-,30?,31-,32?,33?,35?,36?,37?,38?,39?,43?/m0/s1. The topological polar surface area (TPSA) is 189 Å². The van der Waals surface area contributed by atoms with Gasteiger partial charge in [0.1, 0.15) is 24.0 Å². The summed E-state index contributed by atoms with van der Waals surface area (Å²) in [4.78, 5) is 57.6. The van der Waals surface area contributed by atoms with E-state index in [1.54, 1.807) is 26.8 Å². The molecule has 56 heavy (non-hydrogen) atoms. The number of carbonyl (C=O) groups excluding carboxylic acids is 4. The maximum absolute atomic E-state index is 14.2. The van der Waals surface area contributed by atoms with Crippen molar-refractivity contribution in [2.75, 3.05) is 20.8 Å². The van der Waals surface area contributed by atoms with Crippen LogP contribution in [-0.2, 0) is 38.1 Å². The third kappa shape index (κ3) is 10.8. The Kier molecular flexibility index (Phi) is 16.6. The second-order valence-electron chi connectivity index (χ2n) is 17.1. The molecule has 2 bridgehead atoms. The van der Waals surface area contributed by atoms with E-state index in [-0.39, 0.29) is 43.4 Å². The molecule has 1 aliphatic carbocycles. The Labute approximate surface area is 332 Å². The number of nitrogens with zero attached hydrogens (tertiary/aromatic N) is 1. The van der Waals surface area contributed by atoms with Crippen LogP contribution in [0.4, 0.5) is 0 Å². The van der Waals surface area contributed by atoms with E-state index in [1.807, 2.05) is 26.0 Å². The highest BCUT2D eigenvalue weighted by Crippen LogP contribution is 2.39. The van der Waals surface area contributed by atoms with Crippen molar-refractivity contribution >= 4 is 23.4 Å². The first-order valence-corrected chi connectivity index (χ1v) is 20.5. The summed E-state index contributed by atoms with van der Waals surface area (Å²) in [5.74, 6) is -8.03. The Bertz CT molecular complexity index is 1460. The van der Waals surface area contributed by atoms with Gasteiger partial charge in [-0.05, 0) is 95.5 Å². The number of ketones is 2. The second-order valence-corrected chi connectivity index (χ2v) is 17.1. The highest BCUT2D eigenvalue weighted by atomic mass is 16.7. The van der Waals surface area contributed by atoms with Gasteiger partial charge in [0.25, 0.3) is 11.7 Å². The van der Waals surface area contributed by atoms with Gasteiger partial charge < -0.3 is 44.3 Å². The number of piperidine rings is 1. The number of carbonyl (C=O) groups is 4. The van der Waals surface area contributed by atoms with E-state index < -0.39 is 90.0 Å². The number of Topliss-reactive ketones (excluding diaryl/α,β-unsaturated/α-hetero) is 2. The summed E-state index contributed by atoms with van der Waals surface area (Å²) in [6.45, 7) is 13.0. The molecule has 14 atom stereocenters. The van der Waals surface area contributed by atoms with Crippen LogP contribution in [-0.4, -0.2) is 124 Å². The number of aliphatic hydroxyl groups is 4. The molecule has 4 aliphatic rings. The number of rotatable bonds is 6. The SMILES string of the molecule is C=CCC1/C=C(\C)CC(C)CC(OC)C2OC(O)(C(=O)C(=O)N3CCCC[C@H]3C(=O)OC(/C(C)=C/[C@@H]3CCC(O)C(O)C3)C(C)C(O)CC1=O)C(C)CC2OC. The maximum atomic E-state index is 14.2. The van der Waals surface area contributed by atoms with Crippen molar-refractivity contribution in [2.24, 2.45) is 29.6 Å². The zero-order valence-corrected chi connectivity index (χ0v) is 34.4. The predicted octanol–water partition coefficient (Wildman–Crippen LogP) is 3.98. The molecule has 3 heterocycles. The van der Waals surface area contributed by atoms with Gasteiger partial charge in [-0.15, -0.1) is 6.58 Å². The molecule has 1 amide bonds. The summed E-state index contributed by atoms with van der Waals surface area (Å²) in [7, 11) is 3.04. The van der Waals surface area contributed by atoms with Gasteiger partial charge in [-0.1, -0.05) is 44.6 Å². The molecule has 2 saturated heterocycles. The van der Waals surface area contributed by atoms with E-state index in [0.29, 0.717) is 56.9 Å². The van der Waals surface area contributed by atoms with Gasteiger partial charge in [0.2, 0.25) is 5.79 Å². The zero-order chi connectivity index (χ0) is 41.5. The number of allylic oxidation sites excluding steroid dienone is 4. The molecule has 13 nitrogen and oxygen atoms in total. The van der Waals surface area contributed by atoms with Gasteiger partial charge in [-0.3, -0.25) is 14.4 Å². The van der Waals surface area contributed by atoms with Crippen LogP contribution in [0, 0.1) is 29.6 Å². The minimum absolute atomic E-state index is 0.00242. The number of fused-ring (bicyclic) bond motifs is 3. The highest BCUT2D eigenvalue weighted by Gasteiger charge is 2.56. The smallest absolute Gasteiger partial charge is 0.329 e. The fourth-order valence-electron chi connectivity index (χ4n) is 9.19. The largest absolute Gasteiger partial charge is 0.456 e. The van der Waals surface area contributed by atoms with Crippen LogP contribution < -0.4 is 0 Å². The van der Waals surface area contributed by atoms with Crippen molar-refractivity contribution in [3.05, 3.63) is 36.0 Å². The molecular weight excluding hydrogens is 722 g/mol. The van der Waals surface area contributed by atoms with Crippen LogP contribution in [0.15, 0.2) is 36.0 Å². The molecule has 0 aromatic heterocycles. The van der Waals surface area contributed by atoms with E-state index >= 15 is 0 Å². The average Bonchev–Trinajstić information content (AvgIpc) is 3.16. The number of hydrogen-bond acceptors (Lipinski definition) is 12. The summed E-state index contributed by atoms with van der Waals surface area (Å²) in [5, 5.41) is 44.1. The van der Waals surface area contributed by atoms with Crippen molar-refractivity contribution in [2.45, 2.75) is 160 Å². The molecule has 4 N–H and O–H groups in total.